The summed E-state index contributed by atoms with van der Waals surface area (Å²) < 4.78 is 0. The number of aliphatic imine (C=N–C) groups is 1. The molecule has 0 unspecified atom stereocenters. The van der Waals surface area contributed by atoms with E-state index in [2.05, 4.69) is 16.8 Å². The molecule has 1 aromatic rings. The minimum Gasteiger partial charge on any atom is -0.280 e. The molecule has 0 saturated heterocycles. The van der Waals surface area contributed by atoms with E-state index < -0.39 is 0 Å². The van der Waals surface area contributed by atoms with Crippen LogP contribution in [0.4, 0.5) is 0 Å². The van der Waals surface area contributed by atoms with Crippen LogP contribution >= 0.6 is 0 Å². The molecule has 0 radical (unpaired) electrons. The van der Waals surface area contributed by atoms with Crippen molar-refractivity contribution in [2.24, 2.45) is 4.99 Å². The summed E-state index contributed by atoms with van der Waals surface area (Å²) in [6, 6.07) is 9.89. The molecule has 0 saturated carbocycles. The highest BCUT2D eigenvalue weighted by Crippen LogP contribution is 1.94. The molecule has 14 heavy (non-hydrogen) atoms. The minimum atomic E-state index is 0.802. The smallest absolute Gasteiger partial charge is 0.107 e. The second-order valence-electron chi connectivity index (χ2n) is 2.72. The zero-order chi connectivity index (χ0) is 10.2. The van der Waals surface area contributed by atoms with E-state index in [1.807, 2.05) is 49.4 Å². The number of nitrogens with zero attached hydrogens (tertiary/aromatic N) is 1. The molecule has 0 fully saturated rings. The first-order valence-corrected chi connectivity index (χ1v) is 4.53. The molecule has 1 aromatic carbocycles. The van der Waals surface area contributed by atoms with Gasteiger partial charge >= 0.3 is 0 Å². The zero-order valence-electron chi connectivity index (χ0n) is 8.49. The summed E-state index contributed by atoms with van der Waals surface area (Å²) in [5.74, 6) is 6.05. The topological polar surface area (TPSA) is 12.4 Å². The van der Waals surface area contributed by atoms with Gasteiger partial charge in [-0.15, -0.1) is 0 Å². The van der Waals surface area contributed by atoms with Crippen molar-refractivity contribution in [3.63, 3.8) is 0 Å². The van der Waals surface area contributed by atoms with Crippen molar-refractivity contribution >= 4 is 5.71 Å². The monoisotopic (exact) mass is 183 g/mol. The molecule has 0 N–H and O–H groups in total. The summed E-state index contributed by atoms with van der Waals surface area (Å²) in [5, 5.41) is 0. The van der Waals surface area contributed by atoms with Crippen LogP contribution in [0.25, 0.3) is 0 Å². The van der Waals surface area contributed by atoms with E-state index in [0.717, 1.165) is 11.3 Å². The number of hydrogen-bond acceptors (Lipinski definition) is 1. The van der Waals surface area contributed by atoms with E-state index in [1.54, 1.807) is 7.05 Å². The Morgan fingerprint density at radius 1 is 1.29 bits per heavy atom. The lowest BCUT2D eigenvalue weighted by atomic mass is 10.2. The lowest BCUT2D eigenvalue weighted by molar-refractivity contribution is 1.46. The summed E-state index contributed by atoms with van der Waals surface area (Å²) in [7, 11) is 1.75. The van der Waals surface area contributed by atoms with E-state index >= 15 is 0 Å². The molecule has 0 aliphatic heterocycles. The van der Waals surface area contributed by atoms with Gasteiger partial charge in [0.2, 0.25) is 0 Å². The van der Waals surface area contributed by atoms with E-state index in [0.29, 0.717) is 0 Å². The van der Waals surface area contributed by atoms with Crippen LogP contribution in [-0.4, -0.2) is 12.8 Å². The molecule has 1 rings (SSSR count). The van der Waals surface area contributed by atoms with Crippen molar-refractivity contribution in [2.75, 3.05) is 7.05 Å². The maximum atomic E-state index is 4.05. The highest BCUT2D eigenvalue weighted by Gasteiger charge is 1.84. The zero-order valence-corrected chi connectivity index (χ0v) is 8.49. The van der Waals surface area contributed by atoms with Crippen LogP contribution < -0.4 is 0 Å². The fraction of sp³-hybridized carbons (Fsp3) is 0.154. The maximum absolute atomic E-state index is 4.05. The van der Waals surface area contributed by atoms with Crippen molar-refractivity contribution in [1.29, 1.82) is 0 Å². The molecule has 0 amide bonds. The summed E-state index contributed by atoms with van der Waals surface area (Å²) in [6.07, 6.45) is 3.83. The maximum Gasteiger partial charge on any atom is 0.107 e. The lowest BCUT2D eigenvalue weighted by Gasteiger charge is -1.87. The largest absolute Gasteiger partial charge is 0.280 e. The molecule has 0 spiro atoms. The Morgan fingerprint density at radius 2 is 2.00 bits per heavy atom. The summed E-state index contributed by atoms with van der Waals surface area (Å²) in [6.45, 7) is 1.95. The predicted molar refractivity (Wildman–Crippen MR) is 61.5 cm³/mol. The Hall–Kier alpha value is -1.81. The van der Waals surface area contributed by atoms with Crippen LogP contribution in [0.1, 0.15) is 12.5 Å². The van der Waals surface area contributed by atoms with Gasteiger partial charge in [-0.2, -0.15) is 0 Å². The van der Waals surface area contributed by atoms with Crippen molar-refractivity contribution in [3.8, 4) is 11.8 Å². The number of hydrogen-bond donors (Lipinski definition) is 0. The van der Waals surface area contributed by atoms with Gasteiger partial charge in [0.15, 0.2) is 0 Å². The second-order valence-corrected chi connectivity index (χ2v) is 2.72. The van der Waals surface area contributed by atoms with Gasteiger partial charge in [-0.25, -0.2) is 0 Å². The fourth-order valence-electron chi connectivity index (χ4n) is 0.988. The van der Waals surface area contributed by atoms with Crippen molar-refractivity contribution in [2.45, 2.75) is 6.92 Å². The third-order valence-corrected chi connectivity index (χ3v) is 1.67. The first kappa shape index (κ1) is 10.3. The van der Waals surface area contributed by atoms with Crippen LogP contribution in [0.2, 0.25) is 0 Å². The Balaban J connectivity index is 2.82. The van der Waals surface area contributed by atoms with E-state index in [4.69, 9.17) is 0 Å². The van der Waals surface area contributed by atoms with Gasteiger partial charge in [0, 0.05) is 12.6 Å². The van der Waals surface area contributed by atoms with Crippen molar-refractivity contribution < 1.29 is 0 Å². The van der Waals surface area contributed by atoms with Crippen molar-refractivity contribution in [1.82, 2.24) is 0 Å². The molecular formula is C13H13N. The molecule has 0 heterocycles. The molecule has 0 aliphatic carbocycles. The number of allylic oxidation sites excluding steroid dienone is 2. The van der Waals surface area contributed by atoms with Crippen LogP contribution in [0, 0.1) is 11.8 Å². The Morgan fingerprint density at radius 3 is 2.57 bits per heavy atom. The summed E-state index contributed by atoms with van der Waals surface area (Å²) in [5.41, 5.74) is 1.81. The Bertz CT molecular complexity index is 388. The Kier molecular flexibility index (Phi) is 4.23. The molecule has 0 bridgehead atoms. The summed E-state index contributed by atoms with van der Waals surface area (Å²) in [4.78, 5) is 4.05. The predicted octanol–water partition coefficient (Wildman–Crippen LogP) is 2.69. The standard InChI is InChI=1S/C13H13N/c1-3-7-13(14-2)11-10-12-8-5-4-6-9-12/h3-9H,1-2H3. The SMILES string of the molecule is CC=CC(C#Cc1ccccc1)=NC. The van der Waals surface area contributed by atoms with Gasteiger partial charge in [0.25, 0.3) is 0 Å². The molecule has 0 aromatic heterocycles. The first-order chi connectivity index (χ1) is 6.86. The average Bonchev–Trinajstić information content (AvgIpc) is 2.25. The quantitative estimate of drug-likeness (QED) is 0.469. The molecule has 1 nitrogen and oxygen atoms in total. The summed E-state index contributed by atoms with van der Waals surface area (Å²) >= 11 is 0. The normalized spacial score (nSPS) is 11.1. The van der Waals surface area contributed by atoms with Gasteiger partial charge < -0.3 is 0 Å². The Labute approximate surface area is 85.2 Å². The third kappa shape index (κ3) is 3.28. The molecule has 0 atom stereocenters. The van der Waals surface area contributed by atoms with Crippen LogP contribution in [0.3, 0.4) is 0 Å². The fourth-order valence-corrected chi connectivity index (χ4v) is 0.988. The van der Waals surface area contributed by atoms with E-state index in [1.165, 1.54) is 0 Å². The molecular weight excluding hydrogens is 170 g/mol. The first-order valence-electron chi connectivity index (χ1n) is 4.53. The van der Waals surface area contributed by atoms with Crippen molar-refractivity contribution in [3.05, 3.63) is 48.0 Å². The van der Waals surface area contributed by atoms with Gasteiger partial charge in [-0.05, 0) is 31.1 Å². The lowest BCUT2D eigenvalue weighted by Crippen LogP contribution is -1.87. The second kappa shape index (κ2) is 5.77. The highest BCUT2D eigenvalue weighted by molar-refractivity contribution is 6.08. The van der Waals surface area contributed by atoms with Gasteiger partial charge in [0.05, 0.1) is 0 Å². The van der Waals surface area contributed by atoms with E-state index in [-0.39, 0.29) is 0 Å². The van der Waals surface area contributed by atoms with Crippen LogP contribution in [0.5, 0.6) is 0 Å². The van der Waals surface area contributed by atoms with Crippen LogP contribution in [-0.2, 0) is 0 Å². The third-order valence-electron chi connectivity index (χ3n) is 1.67. The van der Waals surface area contributed by atoms with E-state index in [9.17, 15) is 0 Å². The molecule has 0 aliphatic rings. The average molecular weight is 183 g/mol. The van der Waals surface area contributed by atoms with Crippen LogP contribution in [0.15, 0.2) is 47.5 Å². The molecule has 70 valence electrons. The highest BCUT2D eigenvalue weighted by atomic mass is 14.7. The minimum absolute atomic E-state index is 0.802. The number of rotatable bonds is 1. The van der Waals surface area contributed by atoms with Gasteiger partial charge in [0.1, 0.15) is 5.71 Å². The molecule has 1 heteroatoms. The van der Waals surface area contributed by atoms with Gasteiger partial charge in [-0.3, -0.25) is 4.99 Å². The van der Waals surface area contributed by atoms with Gasteiger partial charge in [-0.1, -0.05) is 30.2 Å². The number of benzene rings is 1.